The molecule has 1 rings (SSSR count). The van der Waals surface area contributed by atoms with Gasteiger partial charge in [0.15, 0.2) is 0 Å². The number of hydrogen-bond acceptors (Lipinski definition) is 1. The Morgan fingerprint density at radius 1 is 1.05 bits per heavy atom. The van der Waals surface area contributed by atoms with Crippen molar-refractivity contribution < 1.29 is 0 Å². The van der Waals surface area contributed by atoms with E-state index in [0.717, 1.165) is 12.3 Å². The monoisotopic (exact) mass is 277 g/mol. The van der Waals surface area contributed by atoms with E-state index in [0.29, 0.717) is 0 Å². The summed E-state index contributed by atoms with van der Waals surface area (Å²) < 4.78 is 0. The Labute approximate surface area is 127 Å². The normalized spacial score (nSPS) is 19.4. The highest BCUT2D eigenvalue weighted by molar-refractivity contribution is 5.17. The number of hydrogen-bond donors (Lipinski definition) is 0. The third kappa shape index (κ3) is 6.31. The molecular formula is C19H35N. The van der Waals surface area contributed by atoms with Crippen LogP contribution in [0.15, 0.2) is 0 Å². The predicted octanol–water partition coefficient (Wildman–Crippen LogP) is 5.25. The van der Waals surface area contributed by atoms with E-state index >= 15 is 0 Å². The molecule has 0 saturated carbocycles. The highest BCUT2D eigenvalue weighted by Gasteiger charge is 2.31. The van der Waals surface area contributed by atoms with Crippen molar-refractivity contribution in [3.05, 3.63) is 0 Å². The Hall–Kier alpha value is -0.480. The van der Waals surface area contributed by atoms with Gasteiger partial charge in [-0.3, -0.25) is 4.90 Å². The molecule has 1 nitrogen and oxygen atoms in total. The molecule has 0 amide bonds. The van der Waals surface area contributed by atoms with Gasteiger partial charge in [-0.1, -0.05) is 52.4 Å². The quantitative estimate of drug-likeness (QED) is 0.454. The Kier molecular flexibility index (Phi) is 8.31. The van der Waals surface area contributed by atoms with Crippen LogP contribution in [0.5, 0.6) is 0 Å². The van der Waals surface area contributed by atoms with Gasteiger partial charge < -0.3 is 0 Å². The summed E-state index contributed by atoms with van der Waals surface area (Å²) in [6, 6.07) is 0. The lowest BCUT2D eigenvalue weighted by Crippen LogP contribution is -2.48. The Bertz CT molecular complexity index is 303. The van der Waals surface area contributed by atoms with Gasteiger partial charge in [0.05, 0.1) is 5.54 Å². The van der Waals surface area contributed by atoms with Gasteiger partial charge in [0.1, 0.15) is 0 Å². The van der Waals surface area contributed by atoms with E-state index in [1.54, 1.807) is 0 Å². The largest absolute Gasteiger partial charge is 0.288 e. The van der Waals surface area contributed by atoms with Crippen molar-refractivity contribution in [1.82, 2.24) is 4.90 Å². The highest BCUT2D eigenvalue weighted by atomic mass is 15.2. The number of likely N-dealkylation sites (tertiary alicyclic amines) is 1. The van der Waals surface area contributed by atoms with E-state index in [-0.39, 0.29) is 5.54 Å². The minimum Gasteiger partial charge on any atom is -0.288 e. The molecule has 0 radical (unpaired) electrons. The maximum Gasteiger partial charge on any atom is 0.0799 e. The molecule has 1 unspecified atom stereocenters. The van der Waals surface area contributed by atoms with E-state index in [4.69, 9.17) is 0 Å². The molecule has 1 aliphatic rings. The second-order valence-electron chi connectivity index (χ2n) is 7.03. The molecule has 0 N–H and O–H groups in total. The molecular weight excluding hydrogens is 242 g/mol. The van der Waals surface area contributed by atoms with Gasteiger partial charge in [-0.05, 0) is 51.6 Å². The molecule has 1 heteroatoms. The van der Waals surface area contributed by atoms with Gasteiger partial charge in [-0.15, -0.1) is 5.92 Å². The molecule has 1 aliphatic heterocycles. The van der Waals surface area contributed by atoms with E-state index in [9.17, 15) is 0 Å². The summed E-state index contributed by atoms with van der Waals surface area (Å²) in [4.78, 5) is 2.65. The summed E-state index contributed by atoms with van der Waals surface area (Å²) in [5.41, 5.74) is 0.110. The van der Waals surface area contributed by atoms with Crippen LogP contribution in [0.25, 0.3) is 0 Å². The van der Waals surface area contributed by atoms with Crippen LogP contribution in [0.4, 0.5) is 0 Å². The van der Waals surface area contributed by atoms with Crippen molar-refractivity contribution in [2.75, 3.05) is 13.1 Å². The standard InChI is InChI=1S/C19H35N/c1-5-6-7-8-9-11-14-19(4,17-18(2)3)20-15-12-10-13-16-20/h18H,5-10,12-13,15-17H2,1-4H3. The first kappa shape index (κ1) is 17.6. The van der Waals surface area contributed by atoms with Gasteiger partial charge in [0.2, 0.25) is 0 Å². The molecule has 0 aliphatic carbocycles. The molecule has 0 bridgehead atoms. The highest BCUT2D eigenvalue weighted by Crippen LogP contribution is 2.27. The van der Waals surface area contributed by atoms with Crippen LogP contribution in [0.3, 0.4) is 0 Å². The SMILES string of the molecule is CCCCCCC#CC(C)(CC(C)C)N1CCCCC1. The first-order chi connectivity index (χ1) is 9.58. The lowest BCUT2D eigenvalue weighted by atomic mass is 9.87. The van der Waals surface area contributed by atoms with Crippen molar-refractivity contribution in [2.24, 2.45) is 5.92 Å². The van der Waals surface area contributed by atoms with Crippen molar-refractivity contribution in [3.8, 4) is 11.8 Å². The van der Waals surface area contributed by atoms with E-state index in [1.165, 1.54) is 64.5 Å². The molecule has 1 atom stereocenters. The number of nitrogens with zero attached hydrogens (tertiary/aromatic N) is 1. The maximum absolute atomic E-state index is 3.65. The summed E-state index contributed by atoms with van der Waals surface area (Å²) in [5.74, 6) is 7.86. The van der Waals surface area contributed by atoms with Gasteiger partial charge in [0.25, 0.3) is 0 Å². The molecule has 0 aromatic carbocycles. The van der Waals surface area contributed by atoms with Crippen LogP contribution in [0, 0.1) is 17.8 Å². The minimum atomic E-state index is 0.110. The Morgan fingerprint density at radius 3 is 2.35 bits per heavy atom. The average molecular weight is 277 g/mol. The first-order valence-corrected chi connectivity index (χ1v) is 8.83. The van der Waals surface area contributed by atoms with Gasteiger partial charge in [-0.25, -0.2) is 0 Å². The van der Waals surface area contributed by atoms with Crippen LogP contribution in [-0.4, -0.2) is 23.5 Å². The smallest absolute Gasteiger partial charge is 0.0799 e. The molecule has 1 fully saturated rings. The van der Waals surface area contributed by atoms with Gasteiger partial charge in [0, 0.05) is 6.42 Å². The third-order valence-electron chi connectivity index (χ3n) is 4.37. The maximum atomic E-state index is 3.65. The molecule has 0 aromatic heterocycles. The lowest BCUT2D eigenvalue weighted by Gasteiger charge is -2.41. The number of piperidine rings is 1. The van der Waals surface area contributed by atoms with Crippen LogP contribution in [0.1, 0.15) is 85.5 Å². The van der Waals surface area contributed by atoms with Crippen LogP contribution < -0.4 is 0 Å². The van der Waals surface area contributed by atoms with Crippen LogP contribution in [-0.2, 0) is 0 Å². The average Bonchev–Trinajstić information content (AvgIpc) is 2.43. The number of rotatable bonds is 7. The van der Waals surface area contributed by atoms with Crippen LogP contribution in [0.2, 0.25) is 0 Å². The zero-order valence-electron chi connectivity index (χ0n) is 14.3. The third-order valence-corrected chi connectivity index (χ3v) is 4.37. The summed E-state index contributed by atoms with van der Waals surface area (Å²) >= 11 is 0. The first-order valence-electron chi connectivity index (χ1n) is 8.83. The zero-order chi connectivity index (χ0) is 14.8. The van der Waals surface area contributed by atoms with E-state index < -0.39 is 0 Å². The molecule has 0 spiro atoms. The minimum absolute atomic E-state index is 0.110. The summed E-state index contributed by atoms with van der Waals surface area (Å²) in [6.45, 7) is 11.8. The van der Waals surface area contributed by atoms with E-state index in [2.05, 4.69) is 44.4 Å². The molecule has 1 saturated heterocycles. The van der Waals surface area contributed by atoms with Gasteiger partial charge >= 0.3 is 0 Å². The fourth-order valence-corrected chi connectivity index (χ4v) is 3.33. The fourth-order valence-electron chi connectivity index (χ4n) is 3.33. The fraction of sp³-hybridized carbons (Fsp3) is 0.895. The molecule has 0 aromatic rings. The van der Waals surface area contributed by atoms with E-state index in [1.807, 2.05) is 0 Å². The van der Waals surface area contributed by atoms with Crippen molar-refractivity contribution in [2.45, 2.75) is 91.0 Å². The van der Waals surface area contributed by atoms with Crippen LogP contribution >= 0.6 is 0 Å². The van der Waals surface area contributed by atoms with Crippen molar-refractivity contribution >= 4 is 0 Å². The zero-order valence-corrected chi connectivity index (χ0v) is 14.3. The summed E-state index contributed by atoms with van der Waals surface area (Å²) in [6.07, 6.45) is 11.7. The van der Waals surface area contributed by atoms with Gasteiger partial charge in [-0.2, -0.15) is 0 Å². The second kappa shape index (κ2) is 9.46. The van der Waals surface area contributed by atoms with Crippen molar-refractivity contribution in [1.29, 1.82) is 0 Å². The molecule has 116 valence electrons. The summed E-state index contributed by atoms with van der Waals surface area (Å²) in [5, 5.41) is 0. The van der Waals surface area contributed by atoms with Crippen molar-refractivity contribution in [3.63, 3.8) is 0 Å². The number of unbranched alkanes of at least 4 members (excludes halogenated alkanes) is 4. The predicted molar refractivity (Wildman–Crippen MR) is 89.8 cm³/mol. The molecule has 1 heterocycles. The molecule has 20 heavy (non-hydrogen) atoms. The second-order valence-corrected chi connectivity index (χ2v) is 7.03. The Morgan fingerprint density at radius 2 is 1.75 bits per heavy atom. The topological polar surface area (TPSA) is 3.24 Å². The Balaban J connectivity index is 2.55. The summed E-state index contributed by atoms with van der Waals surface area (Å²) in [7, 11) is 0. The lowest BCUT2D eigenvalue weighted by molar-refractivity contribution is 0.107.